The molecule has 1 heterocycles. The normalized spacial score (nSPS) is 9.94. The lowest BCUT2D eigenvalue weighted by molar-refractivity contribution is 0.102. The first-order valence-electron chi connectivity index (χ1n) is 4.60. The van der Waals surface area contributed by atoms with Gasteiger partial charge in [-0.1, -0.05) is 9.59 Å². The Bertz CT molecular complexity index is 528. The van der Waals surface area contributed by atoms with Crippen molar-refractivity contribution in [3.05, 3.63) is 23.8 Å². The second kappa shape index (κ2) is 4.74. The lowest BCUT2D eigenvalue weighted by atomic mass is 10.1. The molecule has 0 aliphatic heterocycles. The third-order valence-electron chi connectivity index (χ3n) is 2.02. The number of methoxy groups -OCH3 is 1. The first kappa shape index (κ1) is 11.3. The number of nitrogen functional groups attached to an aromatic ring is 1. The number of carbonyl (C=O) groups excluding carboxylic acids is 1. The number of nitrogens with zero attached hydrogens (tertiary/aromatic N) is 3. The second-order valence-electron chi connectivity index (χ2n) is 3.07. The van der Waals surface area contributed by atoms with Crippen LogP contribution in [0.25, 0.3) is 0 Å². The van der Waals surface area contributed by atoms with Crippen LogP contribution in [0.15, 0.2) is 18.2 Å². The van der Waals surface area contributed by atoms with Crippen molar-refractivity contribution in [2.24, 2.45) is 0 Å². The standard InChI is InChI=1S/C9H9N5O2S/c1-16-5-2-3-6(7(10)4-5)8(15)11-9-12-13-14-17-9/h2-4H,10H2,1H3,(H,11,12,14,15). The maximum absolute atomic E-state index is 11.8. The molecular formula is C9H9N5O2S. The molecule has 0 fully saturated rings. The van der Waals surface area contributed by atoms with E-state index in [9.17, 15) is 4.79 Å². The molecule has 7 nitrogen and oxygen atoms in total. The van der Waals surface area contributed by atoms with Gasteiger partial charge in [-0.15, -0.1) is 0 Å². The van der Waals surface area contributed by atoms with Crippen molar-refractivity contribution in [3.63, 3.8) is 0 Å². The van der Waals surface area contributed by atoms with Crippen molar-refractivity contribution in [3.8, 4) is 5.75 Å². The number of nitrogens with one attached hydrogen (secondary N) is 1. The van der Waals surface area contributed by atoms with Gasteiger partial charge in [-0.2, -0.15) is 0 Å². The minimum Gasteiger partial charge on any atom is -0.497 e. The zero-order chi connectivity index (χ0) is 12.3. The number of nitrogens with two attached hydrogens (primary N) is 1. The minimum absolute atomic E-state index is 0.324. The highest BCUT2D eigenvalue weighted by atomic mass is 32.1. The van der Waals surface area contributed by atoms with Gasteiger partial charge in [-0.25, -0.2) is 0 Å². The van der Waals surface area contributed by atoms with Gasteiger partial charge in [0, 0.05) is 23.3 Å². The van der Waals surface area contributed by atoms with E-state index in [1.165, 1.54) is 7.11 Å². The van der Waals surface area contributed by atoms with Crippen LogP contribution >= 0.6 is 11.5 Å². The molecule has 0 saturated carbocycles. The van der Waals surface area contributed by atoms with E-state index in [-0.39, 0.29) is 5.91 Å². The van der Waals surface area contributed by atoms with Crippen LogP contribution in [-0.2, 0) is 0 Å². The molecule has 0 unspecified atom stereocenters. The Hall–Kier alpha value is -2.22. The van der Waals surface area contributed by atoms with Crippen molar-refractivity contribution in [2.75, 3.05) is 18.2 Å². The predicted octanol–water partition coefficient (Wildman–Crippen LogP) is 0.776. The molecule has 1 amide bonds. The molecular weight excluding hydrogens is 242 g/mol. The number of ether oxygens (including phenoxy) is 1. The molecule has 0 saturated heterocycles. The third kappa shape index (κ3) is 2.48. The average molecular weight is 251 g/mol. The molecule has 3 N–H and O–H groups in total. The fourth-order valence-corrected chi connectivity index (χ4v) is 1.58. The third-order valence-corrected chi connectivity index (χ3v) is 2.53. The summed E-state index contributed by atoms with van der Waals surface area (Å²) in [5.74, 6) is 0.236. The Morgan fingerprint density at radius 1 is 1.53 bits per heavy atom. The Kier molecular flexibility index (Phi) is 3.15. The Labute approximate surface area is 101 Å². The Balaban J connectivity index is 2.19. The predicted molar refractivity (Wildman–Crippen MR) is 63.1 cm³/mol. The molecule has 0 bridgehead atoms. The summed E-state index contributed by atoms with van der Waals surface area (Å²) < 4.78 is 8.53. The number of carbonyl (C=O) groups is 1. The van der Waals surface area contributed by atoms with Gasteiger partial charge in [0.2, 0.25) is 5.13 Å². The number of amides is 1. The van der Waals surface area contributed by atoms with Crippen molar-refractivity contribution in [1.29, 1.82) is 0 Å². The van der Waals surface area contributed by atoms with Crippen LogP contribution < -0.4 is 15.8 Å². The summed E-state index contributed by atoms with van der Waals surface area (Å²) in [6.07, 6.45) is 0. The van der Waals surface area contributed by atoms with Crippen molar-refractivity contribution < 1.29 is 9.53 Å². The van der Waals surface area contributed by atoms with E-state index in [1.54, 1.807) is 18.2 Å². The minimum atomic E-state index is -0.358. The average Bonchev–Trinajstić information content (AvgIpc) is 2.81. The van der Waals surface area contributed by atoms with Crippen LogP contribution in [0.5, 0.6) is 5.75 Å². The van der Waals surface area contributed by atoms with Crippen LogP contribution in [0.4, 0.5) is 10.8 Å². The van der Waals surface area contributed by atoms with Gasteiger partial charge in [0.15, 0.2) is 0 Å². The molecule has 8 heteroatoms. The van der Waals surface area contributed by atoms with Crippen LogP contribution in [0, 0.1) is 0 Å². The number of aromatic nitrogens is 3. The van der Waals surface area contributed by atoms with E-state index in [4.69, 9.17) is 10.5 Å². The fourth-order valence-electron chi connectivity index (χ4n) is 1.22. The zero-order valence-electron chi connectivity index (χ0n) is 8.88. The summed E-state index contributed by atoms with van der Waals surface area (Å²) >= 11 is 0.990. The molecule has 17 heavy (non-hydrogen) atoms. The van der Waals surface area contributed by atoms with Gasteiger partial charge < -0.3 is 10.5 Å². The Morgan fingerprint density at radius 2 is 2.35 bits per heavy atom. The first-order chi connectivity index (χ1) is 8.20. The molecule has 1 aromatic heterocycles. The molecule has 0 spiro atoms. The highest BCUT2D eigenvalue weighted by molar-refractivity contribution is 7.09. The summed E-state index contributed by atoms with van der Waals surface area (Å²) in [5, 5.41) is 9.84. The lowest BCUT2D eigenvalue weighted by Crippen LogP contribution is -2.13. The van der Waals surface area contributed by atoms with Crippen molar-refractivity contribution in [1.82, 2.24) is 14.8 Å². The molecule has 0 radical (unpaired) electrons. The summed E-state index contributed by atoms with van der Waals surface area (Å²) in [7, 11) is 1.53. The Morgan fingerprint density at radius 3 is 2.94 bits per heavy atom. The second-order valence-corrected chi connectivity index (χ2v) is 3.81. The molecule has 0 atom stereocenters. The monoisotopic (exact) mass is 251 g/mol. The van der Waals surface area contributed by atoms with Gasteiger partial charge in [-0.05, 0) is 17.3 Å². The lowest BCUT2D eigenvalue weighted by Gasteiger charge is -2.06. The molecule has 0 aliphatic rings. The maximum Gasteiger partial charge on any atom is 0.259 e. The van der Waals surface area contributed by atoms with Crippen LogP contribution in [0.2, 0.25) is 0 Å². The van der Waals surface area contributed by atoms with E-state index in [1.807, 2.05) is 0 Å². The van der Waals surface area contributed by atoms with E-state index >= 15 is 0 Å². The van der Waals surface area contributed by atoms with Gasteiger partial charge >= 0.3 is 0 Å². The molecule has 1 aromatic carbocycles. The molecule has 88 valence electrons. The number of benzene rings is 1. The fraction of sp³-hybridized carbons (Fsp3) is 0.111. The summed E-state index contributed by atoms with van der Waals surface area (Å²) in [6, 6.07) is 4.81. The van der Waals surface area contributed by atoms with E-state index in [0.29, 0.717) is 22.1 Å². The van der Waals surface area contributed by atoms with Gasteiger partial charge in [0.05, 0.1) is 12.7 Å². The number of hydrogen-bond acceptors (Lipinski definition) is 7. The molecule has 2 aromatic rings. The van der Waals surface area contributed by atoms with E-state index in [2.05, 4.69) is 20.1 Å². The summed E-state index contributed by atoms with van der Waals surface area (Å²) in [4.78, 5) is 11.8. The number of rotatable bonds is 3. The topological polar surface area (TPSA) is 103 Å². The van der Waals surface area contributed by atoms with Crippen LogP contribution in [0.1, 0.15) is 10.4 Å². The van der Waals surface area contributed by atoms with Gasteiger partial charge in [0.25, 0.3) is 5.91 Å². The zero-order valence-corrected chi connectivity index (χ0v) is 9.69. The quantitative estimate of drug-likeness (QED) is 0.781. The maximum atomic E-state index is 11.8. The summed E-state index contributed by atoms with van der Waals surface area (Å²) in [6.45, 7) is 0. The molecule has 0 aliphatic carbocycles. The summed E-state index contributed by atoms with van der Waals surface area (Å²) in [5.41, 5.74) is 6.42. The van der Waals surface area contributed by atoms with Gasteiger partial charge in [0.1, 0.15) is 5.75 Å². The van der Waals surface area contributed by atoms with Crippen molar-refractivity contribution in [2.45, 2.75) is 0 Å². The highest BCUT2D eigenvalue weighted by Gasteiger charge is 2.12. The number of hydrogen-bond donors (Lipinski definition) is 2. The van der Waals surface area contributed by atoms with Crippen LogP contribution in [0.3, 0.4) is 0 Å². The van der Waals surface area contributed by atoms with Crippen LogP contribution in [-0.4, -0.2) is 27.8 Å². The molecule has 2 rings (SSSR count). The highest BCUT2D eigenvalue weighted by Crippen LogP contribution is 2.20. The first-order valence-corrected chi connectivity index (χ1v) is 5.38. The number of anilines is 2. The van der Waals surface area contributed by atoms with Crippen molar-refractivity contribution >= 4 is 28.3 Å². The SMILES string of the molecule is COc1ccc(C(=O)Nc2nnns2)c(N)c1. The van der Waals surface area contributed by atoms with E-state index < -0.39 is 0 Å². The van der Waals surface area contributed by atoms with Gasteiger partial charge in [-0.3, -0.25) is 10.1 Å². The van der Waals surface area contributed by atoms with E-state index in [0.717, 1.165) is 11.5 Å². The largest absolute Gasteiger partial charge is 0.497 e. The smallest absolute Gasteiger partial charge is 0.259 e.